The normalized spacial score (nSPS) is 21.9. The van der Waals surface area contributed by atoms with Crippen molar-refractivity contribution in [2.24, 2.45) is 11.8 Å². The van der Waals surface area contributed by atoms with Crippen molar-refractivity contribution in [2.75, 3.05) is 13.7 Å². The fourth-order valence-corrected chi connectivity index (χ4v) is 2.90. The first-order chi connectivity index (χ1) is 9.60. The van der Waals surface area contributed by atoms with Crippen LogP contribution >= 0.6 is 0 Å². The molecule has 0 radical (unpaired) electrons. The molecule has 0 spiro atoms. The summed E-state index contributed by atoms with van der Waals surface area (Å²) < 4.78 is 5.11. The Morgan fingerprint density at radius 1 is 1.40 bits per heavy atom. The lowest BCUT2D eigenvalue weighted by molar-refractivity contribution is -0.385. The molecule has 5 nitrogen and oxygen atoms in total. The van der Waals surface area contributed by atoms with Crippen LogP contribution in [0.3, 0.4) is 0 Å². The van der Waals surface area contributed by atoms with Gasteiger partial charge < -0.3 is 10.1 Å². The number of nitrogens with zero attached hydrogens (tertiary/aromatic N) is 1. The minimum absolute atomic E-state index is 0.0791. The maximum absolute atomic E-state index is 10.9. The van der Waals surface area contributed by atoms with Gasteiger partial charge in [0.05, 0.1) is 18.1 Å². The smallest absolute Gasteiger partial charge is 0.273 e. The molecular formula is C15H22N2O3. The number of rotatable bonds is 6. The predicted octanol–water partition coefficient (Wildman–Crippen LogP) is 3.13. The molecule has 0 saturated heterocycles. The van der Waals surface area contributed by atoms with Gasteiger partial charge in [-0.15, -0.1) is 0 Å². The van der Waals surface area contributed by atoms with Gasteiger partial charge in [-0.1, -0.05) is 19.8 Å². The second-order valence-electron chi connectivity index (χ2n) is 5.60. The Hall–Kier alpha value is -1.62. The molecule has 2 rings (SSSR count). The highest BCUT2D eigenvalue weighted by molar-refractivity contribution is 5.42. The summed E-state index contributed by atoms with van der Waals surface area (Å²) in [5, 5.41) is 14.3. The molecule has 5 heteroatoms. The zero-order valence-electron chi connectivity index (χ0n) is 12.1. The highest BCUT2D eigenvalue weighted by atomic mass is 16.6. The Morgan fingerprint density at radius 2 is 2.20 bits per heavy atom. The van der Waals surface area contributed by atoms with Gasteiger partial charge in [0.15, 0.2) is 0 Å². The summed E-state index contributed by atoms with van der Waals surface area (Å²) in [5.74, 6) is 2.04. The van der Waals surface area contributed by atoms with E-state index in [1.807, 2.05) is 6.07 Å². The van der Waals surface area contributed by atoms with Crippen molar-refractivity contribution in [3.63, 3.8) is 0 Å². The lowest BCUT2D eigenvalue weighted by atomic mass is 9.98. The second-order valence-corrected chi connectivity index (χ2v) is 5.60. The van der Waals surface area contributed by atoms with Crippen LogP contribution in [0, 0.1) is 22.0 Å². The molecule has 1 aromatic carbocycles. The number of nitrogens with one attached hydrogen (secondary N) is 1. The van der Waals surface area contributed by atoms with Crippen molar-refractivity contribution in [3.05, 3.63) is 33.9 Å². The van der Waals surface area contributed by atoms with Crippen LogP contribution in [0.25, 0.3) is 0 Å². The van der Waals surface area contributed by atoms with Gasteiger partial charge in [0.25, 0.3) is 5.69 Å². The van der Waals surface area contributed by atoms with Gasteiger partial charge >= 0.3 is 0 Å². The fourth-order valence-electron chi connectivity index (χ4n) is 2.90. The lowest BCUT2D eigenvalue weighted by Gasteiger charge is -2.16. The van der Waals surface area contributed by atoms with Gasteiger partial charge in [-0.25, -0.2) is 0 Å². The standard InChI is InChI=1S/C15H22N2O3/c1-11-4-3-5-13(11)10-16-9-12-6-14(17(18)19)8-15(7-12)20-2/h6-8,11,13,16H,3-5,9-10H2,1-2H3. The maximum Gasteiger partial charge on any atom is 0.273 e. The van der Waals surface area contributed by atoms with E-state index >= 15 is 0 Å². The Bertz CT molecular complexity index is 476. The zero-order chi connectivity index (χ0) is 14.5. The van der Waals surface area contributed by atoms with E-state index in [2.05, 4.69) is 12.2 Å². The average molecular weight is 278 g/mol. The SMILES string of the molecule is COc1cc(CNCC2CCCC2C)cc([N+](=O)[O-])c1. The molecule has 1 N–H and O–H groups in total. The molecule has 2 atom stereocenters. The molecule has 1 aliphatic carbocycles. The fraction of sp³-hybridized carbons (Fsp3) is 0.600. The Balaban J connectivity index is 1.94. The minimum Gasteiger partial charge on any atom is -0.496 e. The van der Waals surface area contributed by atoms with Crippen molar-refractivity contribution in [1.82, 2.24) is 5.32 Å². The quantitative estimate of drug-likeness (QED) is 0.641. The Morgan fingerprint density at radius 3 is 2.80 bits per heavy atom. The summed E-state index contributed by atoms with van der Waals surface area (Å²) in [6, 6.07) is 4.90. The van der Waals surface area contributed by atoms with E-state index in [-0.39, 0.29) is 10.6 Å². The predicted molar refractivity (Wildman–Crippen MR) is 77.9 cm³/mol. The van der Waals surface area contributed by atoms with Crippen molar-refractivity contribution >= 4 is 5.69 Å². The molecule has 0 amide bonds. The third kappa shape index (κ3) is 3.70. The number of methoxy groups -OCH3 is 1. The van der Waals surface area contributed by atoms with Crippen LogP contribution in [0.1, 0.15) is 31.7 Å². The maximum atomic E-state index is 10.9. The van der Waals surface area contributed by atoms with Crippen molar-refractivity contribution in [2.45, 2.75) is 32.7 Å². The summed E-state index contributed by atoms with van der Waals surface area (Å²) in [5.41, 5.74) is 0.970. The molecule has 1 aromatic rings. The molecule has 0 bridgehead atoms. The molecular weight excluding hydrogens is 256 g/mol. The number of nitro benzene ring substituents is 1. The first kappa shape index (κ1) is 14.8. The Kier molecular flexibility index (Phi) is 4.95. The minimum atomic E-state index is -0.384. The van der Waals surface area contributed by atoms with Crippen LogP contribution in [0.2, 0.25) is 0 Å². The van der Waals surface area contributed by atoms with Gasteiger partial charge in [0.2, 0.25) is 0 Å². The number of hydrogen-bond donors (Lipinski definition) is 1. The molecule has 20 heavy (non-hydrogen) atoms. The van der Waals surface area contributed by atoms with Gasteiger partial charge in [-0.3, -0.25) is 10.1 Å². The van der Waals surface area contributed by atoms with Crippen LogP contribution in [0.15, 0.2) is 18.2 Å². The van der Waals surface area contributed by atoms with Crippen LogP contribution in [0.4, 0.5) is 5.69 Å². The first-order valence-electron chi connectivity index (χ1n) is 7.13. The zero-order valence-corrected chi connectivity index (χ0v) is 12.1. The van der Waals surface area contributed by atoms with Gasteiger partial charge in [0.1, 0.15) is 5.75 Å². The van der Waals surface area contributed by atoms with Crippen LogP contribution < -0.4 is 10.1 Å². The Labute approximate surface area is 119 Å². The molecule has 110 valence electrons. The highest BCUT2D eigenvalue weighted by Gasteiger charge is 2.22. The second kappa shape index (κ2) is 6.70. The van der Waals surface area contributed by atoms with Gasteiger partial charge in [-0.05, 0) is 36.4 Å². The van der Waals surface area contributed by atoms with E-state index in [1.165, 1.54) is 32.4 Å². The van der Waals surface area contributed by atoms with E-state index in [0.717, 1.165) is 23.9 Å². The first-order valence-corrected chi connectivity index (χ1v) is 7.13. The summed E-state index contributed by atoms with van der Waals surface area (Å²) in [6.45, 7) is 3.92. The monoisotopic (exact) mass is 278 g/mol. The van der Waals surface area contributed by atoms with E-state index in [1.54, 1.807) is 6.07 Å². The molecule has 1 aliphatic rings. The van der Waals surface area contributed by atoms with Crippen LogP contribution in [0.5, 0.6) is 5.75 Å². The molecule has 0 aliphatic heterocycles. The largest absolute Gasteiger partial charge is 0.496 e. The lowest BCUT2D eigenvalue weighted by Crippen LogP contribution is -2.24. The third-order valence-corrected chi connectivity index (χ3v) is 4.17. The summed E-state index contributed by atoms with van der Waals surface area (Å²) in [6.07, 6.45) is 3.92. The van der Waals surface area contributed by atoms with Gasteiger partial charge in [0, 0.05) is 12.6 Å². The topological polar surface area (TPSA) is 64.4 Å². The molecule has 1 saturated carbocycles. The number of hydrogen-bond acceptors (Lipinski definition) is 4. The number of ether oxygens (including phenoxy) is 1. The highest BCUT2D eigenvalue weighted by Crippen LogP contribution is 2.30. The summed E-state index contributed by atoms with van der Waals surface area (Å²) in [4.78, 5) is 10.5. The number of benzene rings is 1. The van der Waals surface area contributed by atoms with Crippen LogP contribution in [-0.4, -0.2) is 18.6 Å². The van der Waals surface area contributed by atoms with E-state index in [4.69, 9.17) is 4.74 Å². The van der Waals surface area contributed by atoms with Crippen LogP contribution in [-0.2, 0) is 6.54 Å². The number of non-ortho nitro benzene ring substituents is 1. The number of nitro groups is 1. The van der Waals surface area contributed by atoms with Gasteiger partial charge in [-0.2, -0.15) is 0 Å². The molecule has 2 unspecified atom stereocenters. The van der Waals surface area contributed by atoms with Crippen molar-refractivity contribution in [1.29, 1.82) is 0 Å². The summed E-state index contributed by atoms with van der Waals surface area (Å²) in [7, 11) is 1.52. The van der Waals surface area contributed by atoms with E-state index < -0.39 is 0 Å². The average Bonchev–Trinajstić information content (AvgIpc) is 2.84. The van der Waals surface area contributed by atoms with E-state index in [9.17, 15) is 10.1 Å². The third-order valence-electron chi connectivity index (χ3n) is 4.17. The van der Waals surface area contributed by atoms with Crippen molar-refractivity contribution < 1.29 is 9.66 Å². The molecule has 0 aromatic heterocycles. The van der Waals surface area contributed by atoms with E-state index in [0.29, 0.717) is 12.3 Å². The molecule has 1 fully saturated rings. The molecule has 0 heterocycles. The van der Waals surface area contributed by atoms with Crippen molar-refractivity contribution in [3.8, 4) is 5.75 Å². The summed E-state index contributed by atoms with van der Waals surface area (Å²) >= 11 is 0.